The molecule has 0 saturated carbocycles. The van der Waals surface area contributed by atoms with Gasteiger partial charge in [-0.2, -0.15) is 0 Å². The Balaban J connectivity index is 2.49. The van der Waals surface area contributed by atoms with Gasteiger partial charge in [0.05, 0.1) is 13.2 Å². The first-order chi connectivity index (χ1) is 9.02. The van der Waals surface area contributed by atoms with E-state index in [0.29, 0.717) is 5.02 Å². The molecule has 5 heteroatoms. The molecule has 0 saturated heterocycles. The summed E-state index contributed by atoms with van der Waals surface area (Å²) < 4.78 is 7.23. The Morgan fingerprint density at radius 2 is 1.68 bits per heavy atom. The van der Waals surface area contributed by atoms with Crippen LogP contribution in [0.3, 0.4) is 0 Å². The normalized spacial score (nSPS) is 12.3. The van der Waals surface area contributed by atoms with Gasteiger partial charge in [-0.1, -0.05) is 49.5 Å². The van der Waals surface area contributed by atoms with Gasteiger partial charge in [-0.15, -0.1) is 0 Å². The van der Waals surface area contributed by atoms with E-state index in [1.54, 1.807) is 7.11 Å². The average Bonchev–Trinajstić information content (AvgIpc) is 2.38. The number of nitrogens with two attached hydrogens (primary N) is 1. The zero-order chi connectivity index (χ0) is 14.0. The van der Waals surface area contributed by atoms with Crippen LogP contribution in [0.2, 0.25) is 5.02 Å². The lowest BCUT2D eigenvalue weighted by molar-refractivity contribution is 0.408. The summed E-state index contributed by atoms with van der Waals surface area (Å²) in [4.78, 5) is 0. The van der Waals surface area contributed by atoms with Crippen molar-refractivity contribution in [3.8, 4) is 5.75 Å². The number of methoxy groups -OCH3 is 1. The number of rotatable bonds is 3. The summed E-state index contributed by atoms with van der Waals surface area (Å²) in [5.41, 5.74) is 8.06. The Morgan fingerprint density at radius 3 is 2.32 bits per heavy atom. The third-order valence-electron chi connectivity index (χ3n) is 2.82. The fraction of sp³-hybridized carbons (Fsp3) is 0.143. The van der Waals surface area contributed by atoms with Gasteiger partial charge in [0.2, 0.25) is 0 Å². The summed E-state index contributed by atoms with van der Waals surface area (Å²) in [6.07, 6.45) is 0. The van der Waals surface area contributed by atoms with Gasteiger partial charge in [0.1, 0.15) is 5.75 Å². The number of ether oxygens (including phenoxy) is 1. The van der Waals surface area contributed by atoms with E-state index in [9.17, 15) is 0 Å². The second-order valence-corrected chi connectivity index (χ2v) is 6.27. The maximum Gasteiger partial charge on any atom is 0.124 e. The molecule has 0 heterocycles. The van der Waals surface area contributed by atoms with Crippen LogP contribution in [-0.4, -0.2) is 7.11 Å². The zero-order valence-electron chi connectivity index (χ0n) is 10.2. The minimum Gasteiger partial charge on any atom is -0.496 e. The lowest BCUT2D eigenvalue weighted by Gasteiger charge is -2.18. The molecule has 1 atom stereocenters. The highest BCUT2D eigenvalue weighted by Crippen LogP contribution is 2.34. The average molecular weight is 406 g/mol. The second kappa shape index (κ2) is 6.27. The molecular weight excluding hydrogens is 393 g/mol. The third kappa shape index (κ3) is 3.31. The molecule has 0 radical (unpaired) electrons. The van der Waals surface area contributed by atoms with Crippen LogP contribution in [0.4, 0.5) is 0 Å². The third-order valence-corrected chi connectivity index (χ3v) is 4.14. The monoisotopic (exact) mass is 403 g/mol. The van der Waals surface area contributed by atoms with E-state index < -0.39 is 0 Å². The van der Waals surface area contributed by atoms with Crippen molar-refractivity contribution < 1.29 is 4.74 Å². The molecule has 0 spiro atoms. The zero-order valence-corrected chi connectivity index (χ0v) is 14.1. The van der Waals surface area contributed by atoms with Crippen LogP contribution in [0.1, 0.15) is 17.2 Å². The Bertz CT molecular complexity index is 604. The van der Waals surface area contributed by atoms with Gasteiger partial charge in [-0.05, 0) is 35.9 Å². The van der Waals surface area contributed by atoms with Gasteiger partial charge in [-0.25, -0.2) is 0 Å². The van der Waals surface area contributed by atoms with Crippen molar-refractivity contribution in [1.29, 1.82) is 0 Å². The maximum atomic E-state index is 6.31. The van der Waals surface area contributed by atoms with E-state index in [0.717, 1.165) is 25.8 Å². The van der Waals surface area contributed by atoms with E-state index in [1.807, 2.05) is 36.4 Å². The Morgan fingerprint density at radius 1 is 1.05 bits per heavy atom. The van der Waals surface area contributed by atoms with Crippen LogP contribution >= 0.6 is 43.5 Å². The molecule has 2 aromatic carbocycles. The highest BCUT2D eigenvalue weighted by atomic mass is 79.9. The smallest absolute Gasteiger partial charge is 0.124 e. The highest BCUT2D eigenvalue weighted by molar-refractivity contribution is 9.10. The van der Waals surface area contributed by atoms with Crippen LogP contribution in [0.25, 0.3) is 0 Å². The summed E-state index contributed by atoms with van der Waals surface area (Å²) in [6.45, 7) is 0. The fourth-order valence-electron chi connectivity index (χ4n) is 1.87. The summed E-state index contributed by atoms with van der Waals surface area (Å²) in [5.74, 6) is 0.745. The van der Waals surface area contributed by atoms with Crippen molar-refractivity contribution >= 4 is 43.5 Å². The van der Waals surface area contributed by atoms with Gasteiger partial charge in [-0.3, -0.25) is 0 Å². The van der Waals surface area contributed by atoms with Crippen molar-refractivity contribution in [2.75, 3.05) is 7.11 Å². The Labute approximate surface area is 134 Å². The molecule has 0 aliphatic heterocycles. The molecule has 19 heavy (non-hydrogen) atoms. The summed E-state index contributed by atoms with van der Waals surface area (Å²) in [6, 6.07) is 11.1. The molecule has 2 N–H and O–H groups in total. The minimum atomic E-state index is -0.340. The first kappa shape index (κ1) is 14.9. The van der Waals surface area contributed by atoms with Crippen LogP contribution < -0.4 is 10.5 Å². The largest absolute Gasteiger partial charge is 0.496 e. The molecule has 2 rings (SSSR count). The van der Waals surface area contributed by atoms with Crippen LogP contribution in [0.5, 0.6) is 5.75 Å². The molecule has 100 valence electrons. The lowest BCUT2D eigenvalue weighted by atomic mass is 9.99. The SMILES string of the molecule is COc1ccc(Br)cc1C(N)c1ccc(Br)cc1Cl. The standard InChI is InChI=1S/C14H12Br2ClNO/c1-19-13-5-3-8(15)6-11(13)14(18)10-4-2-9(16)7-12(10)17/h2-7,14H,18H2,1H3. The molecule has 1 unspecified atom stereocenters. The van der Waals surface area contributed by atoms with Gasteiger partial charge in [0.25, 0.3) is 0 Å². The molecular formula is C14H12Br2ClNO. The number of benzene rings is 2. The summed E-state index contributed by atoms with van der Waals surface area (Å²) in [7, 11) is 1.63. The molecule has 0 bridgehead atoms. The summed E-state index contributed by atoms with van der Waals surface area (Å²) in [5, 5.41) is 0.629. The van der Waals surface area contributed by atoms with Crippen molar-refractivity contribution in [2.24, 2.45) is 5.73 Å². The first-order valence-corrected chi connectivity index (χ1v) is 7.53. The van der Waals surface area contributed by atoms with Gasteiger partial charge >= 0.3 is 0 Å². The maximum absolute atomic E-state index is 6.31. The van der Waals surface area contributed by atoms with Crippen molar-refractivity contribution in [3.63, 3.8) is 0 Å². The Kier molecular flexibility index (Phi) is 4.90. The highest BCUT2D eigenvalue weighted by Gasteiger charge is 2.17. The van der Waals surface area contributed by atoms with E-state index >= 15 is 0 Å². The molecule has 0 aromatic heterocycles. The van der Waals surface area contributed by atoms with E-state index in [4.69, 9.17) is 22.1 Å². The second-order valence-electron chi connectivity index (χ2n) is 4.03. The molecule has 2 nitrogen and oxygen atoms in total. The van der Waals surface area contributed by atoms with Crippen LogP contribution in [0.15, 0.2) is 45.3 Å². The molecule has 0 amide bonds. The van der Waals surface area contributed by atoms with Crippen molar-refractivity contribution in [1.82, 2.24) is 0 Å². The molecule has 0 aliphatic carbocycles. The number of halogens is 3. The van der Waals surface area contributed by atoms with Crippen molar-refractivity contribution in [3.05, 3.63) is 61.5 Å². The van der Waals surface area contributed by atoms with Crippen molar-refractivity contribution in [2.45, 2.75) is 6.04 Å². The number of hydrogen-bond donors (Lipinski definition) is 1. The molecule has 0 fully saturated rings. The van der Waals surface area contributed by atoms with Crippen LogP contribution in [0, 0.1) is 0 Å². The topological polar surface area (TPSA) is 35.2 Å². The van der Waals surface area contributed by atoms with E-state index in [-0.39, 0.29) is 6.04 Å². The van der Waals surface area contributed by atoms with E-state index in [1.165, 1.54) is 0 Å². The first-order valence-electron chi connectivity index (χ1n) is 5.57. The van der Waals surface area contributed by atoms with E-state index in [2.05, 4.69) is 31.9 Å². The molecule has 2 aromatic rings. The minimum absolute atomic E-state index is 0.340. The fourth-order valence-corrected chi connectivity index (χ4v) is 3.04. The van der Waals surface area contributed by atoms with Crippen LogP contribution in [-0.2, 0) is 0 Å². The lowest BCUT2D eigenvalue weighted by Crippen LogP contribution is -2.13. The Hall–Kier alpha value is -0.550. The predicted molar refractivity (Wildman–Crippen MR) is 85.9 cm³/mol. The predicted octanol–water partition coefficient (Wildman–Crippen LogP) is 4.92. The number of hydrogen-bond acceptors (Lipinski definition) is 2. The quantitative estimate of drug-likeness (QED) is 0.787. The van der Waals surface area contributed by atoms with Gasteiger partial charge in [0, 0.05) is 19.5 Å². The van der Waals surface area contributed by atoms with Gasteiger partial charge < -0.3 is 10.5 Å². The summed E-state index contributed by atoms with van der Waals surface area (Å²) >= 11 is 13.1. The molecule has 0 aliphatic rings. The van der Waals surface area contributed by atoms with Gasteiger partial charge in [0.15, 0.2) is 0 Å².